The Morgan fingerprint density at radius 1 is 1.13 bits per heavy atom. The number of carbonyl (C=O) groups is 1. The Labute approximate surface area is 174 Å². The second-order valence-corrected chi connectivity index (χ2v) is 9.20. The molecule has 2 aliphatic heterocycles. The number of hydrogen-bond acceptors (Lipinski definition) is 7. The molecule has 0 radical (unpaired) electrons. The van der Waals surface area contributed by atoms with Crippen LogP contribution in [0.15, 0.2) is 18.2 Å². The number of aliphatic carboxylic acids is 1. The highest BCUT2D eigenvalue weighted by Gasteiger charge is 2.52. The molecule has 1 saturated carbocycles. The number of carboxylic acids is 1. The molecule has 2 saturated heterocycles. The Balaban J connectivity index is 1.44. The molecule has 5 N–H and O–H groups in total. The summed E-state index contributed by atoms with van der Waals surface area (Å²) in [6, 6.07) is 6.37. The Hall–Kier alpha value is -1.71. The van der Waals surface area contributed by atoms with Gasteiger partial charge in [0.15, 0.2) is 6.10 Å². The first kappa shape index (κ1) is 20.2. The minimum atomic E-state index is -1.73. The van der Waals surface area contributed by atoms with E-state index < -0.39 is 36.7 Å². The maximum Gasteiger partial charge on any atom is 0.335 e. The lowest BCUT2D eigenvalue weighted by Crippen LogP contribution is -2.61. The van der Waals surface area contributed by atoms with E-state index in [2.05, 4.69) is 5.32 Å². The number of nitrogens with one attached hydrogen (secondary N) is 1. The predicted molar refractivity (Wildman–Crippen MR) is 105 cm³/mol. The van der Waals surface area contributed by atoms with Crippen LogP contribution >= 0.6 is 0 Å². The third-order valence-electron chi connectivity index (χ3n) is 7.68. The lowest BCUT2D eigenvalue weighted by molar-refractivity contribution is -0.271. The molecule has 4 aliphatic rings. The molecule has 7 unspecified atom stereocenters. The maximum absolute atomic E-state index is 11.3. The fourth-order valence-corrected chi connectivity index (χ4v) is 6.26. The lowest BCUT2D eigenvalue weighted by Gasteiger charge is -2.56. The summed E-state index contributed by atoms with van der Waals surface area (Å²) in [5, 5.41) is 43.1. The maximum atomic E-state index is 11.3. The van der Waals surface area contributed by atoms with Crippen LogP contribution in [0.3, 0.4) is 0 Å². The van der Waals surface area contributed by atoms with E-state index in [1.165, 1.54) is 30.4 Å². The third kappa shape index (κ3) is 3.05. The second-order valence-electron chi connectivity index (χ2n) is 9.20. The minimum absolute atomic E-state index is 0.131. The zero-order valence-corrected chi connectivity index (χ0v) is 16.7. The molecule has 3 fully saturated rings. The number of rotatable bonds is 3. The number of fused-ring (bicyclic) bond motifs is 1. The summed E-state index contributed by atoms with van der Waals surface area (Å²) in [5.74, 6) is -0.342. The van der Waals surface area contributed by atoms with Gasteiger partial charge in [0.1, 0.15) is 24.1 Å². The van der Waals surface area contributed by atoms with Gasteiger partial charge in [-0.15, -0.1) is 0 Å². The zero-order chi connectivity index (χ0) is 21.0. The zero-order valence-electron chi connectivity index (χ0n) is 16.7. The molecule has 1 aromatic rings. The first-order chi connectivity index (χ1) is 14.4. The molecule has 1 aromatic carbocycles. The molecule has 8 heteroatoms. The standard InChI is InChI=1S/C22H29NO7/c24-16-17(25)19(20(27)28)30-21(18(16)26)29-12-5-4-11-9-15-13-3-1-2-6-22(13,7-8-23-15)14(11)10-12/h4-5,10,13,15-19,21,23-26H,1-3,6-9H2,(H,27,28)/t13?,15?,16?,17?,18?,19?,21?,22-/m1/s1. The van der Waals surface area contributed by atoms with Crippen molar-refractivity contribution in [1.82, 2.24) is 5.32 Å². The normalized spacial score (nSPS) is 42.7. The summed E-state index contributed by atoms with van der Waals surface area (Å²) in [6.07, 6.45) is -1.10. The molecular weight excluding hydrogens is 390 g/mol. The van der Waals surface area contributed by atoms with Crippen molar-refractivity contribution in [2.75, 3.05) is 6.54 Å². The molecule has 8 atom stereocenters. The Morgan fingerprint density at radius 2 is 1.97 bits per heavy atom. The van der Waals surface area contributed by atoms with Crippen molar-refractivity contribution >= 4 is 5.97 Å². The second kappa shape index (κ2) is 7.46. The summed E-state index contributed by atoms with van der Waals surface area (Å²) in [4.78, 5) is 11.3. The van der Waals surface area contributed by atoms with Crippen molar-refractivity contribution in [2.24, 2.45) is 5.92 Å². The highest BCUT2D eigenvalue weighted by Crippen LogP contribution is 2.54. The Morgan fingerprint density at radius 3 is 2.77 bits per heavy atom. The largest absolute Gasteiger partial charge is 0.479 e. The van der Waals surface area contributed by atoms with Gasteiger partial charge in [-0.05, 0) is 61.4 Å². The average Bonchev–Trinajstić information content (AvgIpc) is 2.74. The van der Waals surface area contributed by atoms with Crippen molar-refractivity contribution in [1.29, 1.82) is 0 Å². The number of benzene rings is 1. The van der Waals surface area contributed by atoms with Crippen LogP contribution in [0.4, 0.5) is 0 Å². The van der Waals surface area contributed by atoms with Crippen molar-refractivity contribution in [2.45, 2.75) is 80.7 Å². The first-order valence-corrected chi connectivity index (χ1v) is 10.9. The van der Waals surface area contributed by atoms with Crippen molar-refractivity contribution in [3.63, 3.8) is 0 Å². The van der Waals surface area contributed by atoms with Crippen LogP contribution in [0.1, 0.15) is 43.2 Å². The van der Waals surface area contributed by atoms with Gasteiger partial charge in [-0.2, -0.15) is 0 Å². The monoisotopic (exact) mass is 419 g/mol. The number of aliphatic hydroxyl groups excluding tert-OH is 3. The van der Waals surface area contributed by atoms with Crippen molar-refractivity contribution in [3.05, 3.63) is 29.3 Å². The summed E-state index contributed by atoms with van der Waals surface area (Å²) >= 11 is 0. The molecule has 5 rings (SSSR count). The van der Waals surface area contributed by atoms with Crippen LogP contribution in [0.2, 0.25) is 0 Å². The van der Waals surface area contributed by atoms with Gasteiger partial charge >= 0.3 is 5.97 Å². The van der Waals surface area contributed by atoms with Gasteiger partial charge in [0.2, 0.25) is 6.29 Å². The molecular formula is C22H29NO7. The van der Waals surface area contributed by atoms with Crippen LogP contribution in [0.5, 0.6) is 5.75 Å². The molecule has 2 heterocycles. The quantitative estimate of drug-likeness (QED) is 0.473. The SMILES string of the molecule is O=C(O)C1OC(Oc2ccc3c(c2)[C@@]24CCCCC2C(C3)NCC4)C(O)C(O)C1O. The predicted octanol–water partition coefficient (Wildman–Crippen LogP) is 0.304. The molecule has 164 valence electrons. The van der Waals surface area contributed by atoms with Gasteiger partial charge in [-0.1, -0.05) is 18.9 Å². The number of ether oxygens (including phenoxy) is 2. The van der Waals surface area contributed by atoms with Gasteiger partial charge in [-0.3, -0.25) is 0 Å². The first-order valence-electron chi connectivity index (χ1n) is 10.9. The van der Waals surface area contributed by atoms with Crippen LogP contribution in [-0.2, 0) is 21.4 Å². The topological polar surface area (TPSA) is 128 Å². The van der Waals surface area contributed by atoms with Crippen LogP contribution in [0.25, 0.3) is 0 Å². The van der Waals surface area contributed by atoms with E-state index >= 15 is 0 Å². The summed E-state index contributed by atoms with van der Waals surface area (Å²) in [6.45, 7) is 1.00. The van der Waals surface area contributed by atoms with E-state index in [-0.39, 0.29) is 5.41 Å². The number of hydrogen-bond donors (Lipinski definition) is 5. The van der Waals surface area contributed by atoms with E-state index in [1.54, 1.807) is 6.07 Å². The number of aliphatic hydroxyl groups is 3. The highest BCUT2D eigenvalue weighted by molar-refractivity contribution is 5.73. The molecule has 8 nitrogen and oxygen atoms in total. The fourth-order valence-electron chi connectivity index (χ4n) is 6.26. The van der Waals surface area contributed by atoms with Crippen molar-refractivity contribution in [3.8, 4) is 5.75 Å². The summed E-state index contributed by atoms with van der Waals surface area (Å²) in [5.41, 5.74) is 2.73. The minimum Gasteiger partial charge on any atom is -0.479 e. The van der Waals surface area contributed by atoms with E-state index in [4.69, 9.17) is 9.47 Å². The summed E-state index contributed by atoms with van der Waals surface area (Å²) < 4.78 is 11.1. The van der Waals surface area contributed by atoms with Crippen LogP contribution in [-0.4, -0.2) is 69.7 Å². The van der Waals surface area contributed by atoms with Crippen LogP contribution < -0.4 is 10.1 Å². The Kier molecular flexibility index (Phi) is 5.02. The smallest absolute Gasteiger partial charge is 0.335 e. The average molecular weight is 419 g/mol. The van der Waals surface area contributed by atoms with Gasteiger partial charge in [0.25, 0.3) is 0 Å². The van der Waals surface area contributed by atoms with Gasteiger partial charge in [0, 0.05) is 11.5 Å². The molecule has 2 aliphatic carbocycles. The third-order valence-corrected chi connectivity index (χ3v) is 7.68. The molecule has 0 aromatic heterocycles. The highest BCUT2D eigenvalue weighted by atomic mass is 16.7. The van der Waals surface area contributed by atoms with Crippen LogP contribution in [0, 0.1) is 5.92 Å². The Bertz CT molecular complexity index is 828. The van der Waals surface area contributed by atoms with Crippen molar-refractivity contribution < 1.29 is 34.7 Å². The molecule has 0 amide bonds. The molecule has 30 heavy (non-hydrogen) atoms. The lowest BCUT2D eigenvalue weighted by atomic mass is 9.53. The molecule has 0 spiro atoms. The summed E-state index contributed by atoms with van der Waals surface area (Å²) in [7, 11) is 0. The van der Waals surface area contributed by atoms with E-state index in [0.29, 0.717) is 17.7 Å². The van der Waals surface area contributed by atoms with E-state index in [0.717, 1.165) is 25.8 Å². The van der Waals surface area contributed by atoms with E-state index in [9.17, 15) is 25.2 Å². The van der Waals surface area contributed by atoms with Gasteiger partial charge in [0.05, 0.1) is 0 Å². The van der Waals surface area contributed by atoms with Gasteiger partial charge in [-0.25, -0.2) is 4.79 Å². The van der Waals surface area contributed by atoms with Gasteiger partial charge < -0.3 is 35.2 Å². The number of carboxylic acid groups (broad SMARTS) is 1. The fraction of sp³-hybridized carbons (Fsp3) is 0.682. The number of piperidine rings is 1. The molecule has 2 bridgehead atoms. The van der Waals surface area contributed by atoms with E-state index in [1.807, 2.05) is 12.1 Å².